The maximum absolute atomic E-state index is 14.1. The molecule has 1 saturated carbocycles. The summed E-state index contributed by atoms with van der Waals surface area (Å²) in [5.41, 5.74) is 0.00136. The third-order valence-corrected chi connectivity index (χ3v) is 8.92. The smallest absolute Gasteiger partial charge is 0.246 e. The van der Waals surface area contributed by atoms with Crippen molar-refractivity contribution in [3.8, 4) is 5.75 Å². The number of carbonyl (C=O) groups excluding carboxylic acids is 3. The first-order valence-corrected chi connectivity index (χ1v) is 14.1. The molecule has 3 amide bonds. The Balaban J connectivity index is 1.46. The number of ether oxygens (including phenoxy) is 2. The van der Waals surface area contributed by atoms with E-state index in [4.69, 9.17) is 9.47 Å². The molecule has 0 spiro atoms. The van der Waals surface area contributed by atoms with E-state index in [0.717, 1.165) is 25.7 Å². The topological polar surface area (TPSA) is 97.0 Å². The number of amides is 3. The number of methoxy groups -OCH3 is 1. The Morgan fingerprint density at radius 1 is 1.10 bits per heavy atom. The van der Waals surface area contributed by atoms with Crippen molar-refractivity contribution in [2.75, 3.05) is 12.4 Å². The highest BCUT2D eigenvalue weighted by Gasteiger charge is 2.69. The number of rotatable bonds is 7. The van der Waals surface area contributed by atoms with Crippen molar-refractivity contribution in [1.82, 2.24) is 10.2 Å². The maximum atomic E-state index is 14.1. The number of anilines is 1. The summed E-state index contributed by atoms with van der Waals surface area (Å²) in [5, 5.41) is 6.13. The molecule has 7 unspecified atom stereocenters. The number of hydrogen-bond acceptors (Lipinski definition) is 5. The second kappa shape index (κ2) is 11.2. The van der Waals surface area contributed by atoms with Gasteiger partial charge in [0.1, 0.15) is 23.2 Å². The minimum absolute atomic E-state index is 0.0117. The summed E-state index contributed by atoms with van der Waals surface area (Å²) in [6.45, 7) is 5.78. The average molecular weight is 552 g/mol. The van der Waals surface area contributed by atoms with E-state index in [1.807, 2.05) is 0 Å². The van der Waals surface area contributed by atoms with E-state index >= 15 is 0 Å². The third kappa shape index (κ3) is 5.19. The zero-order valence-corrected chi connectivity index (χ0v) is 23.5. The second-order valence-electron chi connectivity index (χ2n) is 11.6. The summed E-state index contributed by atoms with van der Waals surface area (Å²) in [5.74, 6) is -2.10. The van der Waals surface area contributed by atoms with Gasteiger partial charge in [0, 0.05) is 24.3 Å². The lowest BCUT2D eigenvalue weighted by Gasteiger charge is -2.36. The lowest BCUT2D eigenvalue weighted by Crippen LogP contribution is -2.57. The Labute approximate surface area is 234 Å². The predicted octanol–water partition coefficient (Wildman–Crippen LogP) is 4.29. The molecule has 0 radical (unpaired) electrons. The molecule has 2 aromatic carbocycles. The Morgan fingerprint density at radius 3 is 2.52 bits per heavy atom. The molecular weight excluding hydrogens is 513 g/mol. The van der Waals surface area contributed by atoms with E-state index in [0.29, 0.717) is 22.9 Å². The molecule has 1 aliphatic carbocycles. The van der Waals surface area contributed by atoms with Gasteiger partial charge in [-0.2, -0.15) is 0 Å². The Hall–Kier alpha value is -3.46. The van der Waals surface area contributed by atoms with Gasteiger partial charge in [-0.15, -0.1) is 0 Å². The van der Waals surface area contributed by atoms with Crippen LogP contribution >= 0.6 is 0 Å². The van der Waals surface area contributed by atoms with E-state index in [2.05, 4.69) is 17.6 Å². The number of benzene rings is 2. The number of halogens is 1. The quantitative estimate of drug-likeness (QED) is 0.535. The lowest BCUT2D eigenvalue weighted by molar-refractivity contribution is -0.144. The van der Waals surface area contributed by atoms with Crippen molar-refractivity contribution >= 4 is 23.4 Å². The van der Waals surface area contributed by atoms with E-state index in [9.17, 15) is 18.8 Å². The molecule has 214 valence electrons. The summed E-state index contributed by atoms with van der Waals surface area (Å²) in [6, 6.07) is 11.9. The number of nitrogens with one attached hydrogen (secondary N) is 2. The van der Waals surface area contributed by atoms with Crippen LogP contribution < -0.4 is 15.4 Å². The molecule has 0 bridgehead atoms. The monoisotopic (exact) mass is 551 g/mol. The van der Waals surface area contributed by atoms with Crippen molar-refractivity contribution in [1.29, 1.82) is 0 Å². The van der Waals surface area contributed by atoms with Gasteiger partial charge in [0.05, 0.1) is 25.0 Å². The minimum atomic E-state index is -1.23. The van der Waals surface area contributed by atoms with Crippen LogP contribution in [0.15, 0.2) is 48.5 Å². The molecule has 7 atom stereocenters. The highest BCUT2D eigenvalue weighted by atomic mass is 19.1. The maximum Gasteiger partial charge on any atom is 0.246 e. The van der Waals surface area contributed by atoms with Crippen LogP contribution in [0.3, 0.4) is 0 Å². The molecule has 2 aromatic rings. The van der Waals surface area contributed by atoms with Crippen LogP contribution in [0.1, 0.15) is 52.0 Å². The van der Waals surface area contributed by atoms with Gasteiger partial charge in [0.15, 0.2) is 0 Å². The fraction of sp³-hybridized carbons (Fsp3) is 0.516. The molecule has 0 aromatic heterocycles. The van der Waals surface area contributed by atoms with Gasteiger partial charge >= 0.3 is 0 Å². The molecule has 2 N–H and O–H groups in total. The molecule has 3 aliphatic rings. The van der Waals surface area contributed by atoms with Gasteiger partial charge in [-0.1, -0.05) is 38.0 Å². The molecule has 2 aliphatic heterocycles. The predicted molar refractivity (Wildman–Crippen MR) is 148 cm³/mol. The molecule has 40 heavy (non-hydrogen) atoms. The molecule has 2 saturated heterocycles. The molecular formula is C31H38FN3O5. The number of carbonyl (C=O) groups is 3. The van der Waals surface area contributed by atoms with Gasteiger partial charge in [-0.05, 0) is 62.4 Å². The number of nitrogens with zero attached hydrogens (tertiary/aromatic N) is 1. The Bertz CT molecular complexity index is 1270. The summed E-state index contributed by atoms with van der Waals surface area (Å²) >= 11 is 0. The summed E-state index contributed by atoms with van der Waals surface area (Å²) in [4.78, 5) is 43.3. The third-order valence-electron chi connectivity index (χ3n) is 8.92. The number of fused-ring (bicyclic) bond motifs is 1. The lowest BCUT2D eigenvalue weighted by atomic mass is 9.78. The van der Waals surface area contributed by atoms with E-state index in [1.54, 1.807) is 57.4 Å². The SMILES string of the molecule is COc1cccc(NC(=O)C2C(C)OC3(C)C2C(=O)N(Cc2ccc(F)cc2)C3C(=O)NC2CCCCC2C)c1. The first-order chi connectivity index (χ1) is 19.1. The van der Waals surface area contributed by atoms with Crippen molar-refractivity contribution < 1.29 is 28.2 Å². The zero-order valence-electron chi connectivity index (χ0n) is 23.5. The molecule has 2 heterocycles. The number of likely N-dealkylation sites (tertiary alicyclic amines) is 1. The molecule has 5 rings (SSSR count). The van der Waals surface area contributed by atoms with E-state index in [1.165, 1.54) is 17.0 Å². The number of hydrogen-bond donors (Lipinski definition) is 2. The van der Waals surface area contributed by atoms with Crippen molar-refractivity contribution in [2.45, 2.75) is 76.8 Å². The Kier molecular flexibility index (Phi) is 7.86. The summed E-state index contributed by atoms with van der Waals surface area (Å²) in [7, 11) is 1.55. The van der Waals surface area contributed by atoms with Gasteiger partial charge < -0.3 is 25.0 Å². The van der Waals surface area contributed by atoms with Gasteiger partial charge in [-0.25, -0.2) is 4.39 Å². The van der Waals surface area contributed by atoms with Crippen LogP contribution in [-0.4, -0.2) is 53.5 Å². The van der Waals surface area contributed by atoms with Crippen LogP contribution in [-0.2, 0) is 25.7 Å². The largest absolute Gasteiger partial charge is 0.497 e. The Morgan fingerprint density at radius 2 is 1.82 bits per heavy atom. The van der Waals surface area contributed by atoms with E-state index in [-0.39, 0.29) is 36.1 Å². The van der Waals surface area contributed by atoms with Gasteiger partial charge in [0.2, 0.25) is 17.7 Å². The molecule has 9 heteroatoms. The zero-order chi connectivity index (χ0) is 28.6. The highest BCUT2D eigenvalue weighted by molar-refractivity contribution is 6.01. The fourth-order valence-corrected chi connectivity index (χ4v) is 6.86. The first kappa shape index (κ1) is 28.1. The molecule has 8 nitrogen and oxygen atoms in total. The van der Waals surface area contributed by atoms with Gasteiger partial charge in [0.25, 0.3) is 0 Å². The average Bonchev–Trinajstić information content (AvgIpc) is 3.31. The van der Waals surface area contributed by atoms with Gasteiger partial charge in [-0.3, -0.25) is 14.4 Å². The summed E-state index contributed by atoms with van der Waals surface area (Å²) in [6.07, 6.45) is 3.50. The van der Waals surface area contributed by atoms with Crippen LogP contribution in [0.4, 0.5) is 10.1 Å². The van der Waals surface area contributed by atoms with Crippen LogP contribution in [0.5, 0.6) is 5.75 Å². The van der Waals surface area contributed by atoms with E-state index < -0.39 is 29.6 Å². The second-order valence-corrected chi connectivity index (χ2v) is 11.6. The standard InChI is InChI=1S/C31H38FN3O5/c1-18-8-5-6-11-24(18)34-29(37)27-31(3)26(30(38)35(27)17-20-12-14-21(32)15-13-20)25(19(2)40-31)28(36)33-22-9-7-10-23(16-22)39-4/h7,9-10,12-16,18-19,24-27H,5-6,8,11,17H2,1-4H3,(H,33,36)(H,34,37). The van der Waals surface area contributed by atoms with Crippen molar-refractivity contribution in [2.24, 2.45) is 17.8 Å². The highest BCUT2D eigenvalue weighted by Crippen LogP contribution is 2.51. The van der Waals surface area contributed by atoms with Crippen LogP contribution in [0, 0.1) is 23.6 Å². The summed E-state index contributed by atoms with van der Waals surface area (Å²) < 4.78 is 25.3. The fourth-order valence-electron chi connectivity index (χ4n) is 6.86. The minimum Gasteiger partial charge on any atom is -0.497 e. The van der Waals surface area contributed by atoms with Crippen LogP contribution in [0.25, 0.3) is 0 Å². The van der Waals surface area contributed by atoms with Crippen molar-refractivity contribution in [3.05, 3.63) is 59.9 Å². The first-order valence-electron chi connectivity index (χ1n) is 14.1. The van der Waals surface area contributed by atoms with Crippen LogP contribution in [0.2, 0.25) is 0 Å². The normalized spacial score (nSPS) is 31.5. The van der Waals surface area contributed by atoms with Crippen molar-refractivity contribution in [3.63, 3.8) is 0 Å². The molecule has 3 fully saturated rings.